The van der Waals surface area contributed by atoms with Gasteiger partial charge in [0.25, 0.3) is 0 Å². The Balaban J connectivity index is 2.09. The molecule has 1 heteroatoms. The van der Waals surface area contributed by atoms with E-state index in [2.05, 4.69) is 92.0 Å². The number of allylic oxidation sites excluding steroid dienone is 3. The minimum Gasteiger partial charge on any atom is -0.380 e. The van der Waals surface area contributed by atoms with Gasteiger partial charge in [-0.05, 0) is 60.0 Å². The van der Waals surface area contributed by atoms with Crippen LogP contribution in [-0.2, 0) is 0 Å². The lowest BCUT2D eigenvalue weighted by Crippen LogP contribution is -2.19. The quantitative estimate of drug-likeness (QED) is 0.787. The van der Waals surface area contributed by atoms with Crippen LogP contribution >= 0.6 is 0 Å². The normalized spacial score (nSPS) is 17.4. The topological polar surface area (TPSA) is 12.0 Å². The summed E-state index contributed by atoms with van der Waals surface area (Å²) >= 11 is 0. The Hall–Kier alpha value is -2.54. The van der Waals surface area contributed by atoms with Crippen LogP contribution in [0.3, 0.4) is 0 Å². The van der Waals surface area contributed by atoms with Crippen molar-refractivity contribution >= 4 is 6.08 Å². The van der Waals surface area contributed by atoms with Gasteiger partial charge in [0.05, 0.1) is 6.04 Å². The van der Waals surface area contributed by atoms with Gasteiger partial charge in [-0.2, -0.15) is 0 Å². The number of dihydropyridines is 1. The number of hydrogen-bond donors (Lipinski definition) is 1. The molecule has 0 spiro atoms. The van der Waals surface area contributed by atoms with Crippen molar-refractivity contribution in [2.45, 2.75) is 19.9 Å². The highest BCUT2D eigenvalue weighted by Gasteiger charge is 2.17. The van der Waals surface area contributed by atoms with Crippen molar-refractivity contribution in [2.24, 2.45) is 0 Å². The summed E-state index contributed by atoms with van der Waals surface area (Å²) in [5, 5.41) is 3.48. The van der Waals surface area contributed by atoms with Crippen LogP contribution in [-0.4, -0.2) is 0 Å². The minimum absolute atomic E-state index is 0.236. The largest absolute Gasteiger partial charge is 0.380 e. The Morgan fingerprint density at radius 2 is 1.82 bits per heavy atom. The van der Waals surface area contributed by atoms with Gasteiger partial charge < -0.3 is 5.32 Å². The van der Waals surface area contributed by atoms with Gasteiger partial charge >= 0.3 is 0 Å². The van der Waals surface area contributed by atoms with E-state index < -0.39 is 0 Å². The molecule has 1 nitrogen and oxygen atoms in total. The molecule has 0 saturated heterocycles. The molecular weight excluding hydrogens is 266 g/mol. The molecule has 0 fully saturated rings. The van der Waals surface area contributed by atoms with Crippen LogP contribution in [0, 0.1) is 0 Å². The zero-order valence-corrected chi connectivity index (χ0v) is 13.1. The minimum atomic E-state index is 0.236. The second-order valence-corrected chi connectivity index (χ2v) is 5.58. The van der Waals surface area contributed by atoms with Crippen molar-refractivity contribution in [2.75, 3.05) is 0 Å². The van der Waals surface area contributed by atoms with Gasteiger partial charge in [-0.1, -0.05) is 60.7 Å². The lowest BCUT2D eigenvalue weighted by atomic mass is 9.90. The first kappa shape index (κ1) is 14.4. The van der Waals surface area contributed by atoms with Crippen molar-refractivity contribution in [1.82, 2.24) is 5.32 Å². The molecule has 22 heavy (non-hydrogen) atoms. The average molecular weight is 287 g/mol. The first-order valence-corrected chi connectivity index (χ1v) is 7.71. The maximum absolute atomic E-state index is 3.48. The van der Waals surface area contributed by atoms with Crippen LogP contribution < -0.4 is 5.32 Å². The van der Waals surface area contributed by atoms with Crippen LogP contribution in [0.2, 0.25) is 0 Å². The van der Waals surface area contributed by atoms with E-state index in [0.717, 1.165) is 0 Å². The predicted molar refractivity (Wildman–Crippen MR) is 95.4 cm³/mol. The van der Waals surface area contributed by atoms with E-state index >= 15 is 0 Å². The van der Waals surface area contributed by atoms with Crippen LogP contribution in [0.15, 0.2) is 78.5 Å². The van der Waals surface area contributed by atoms with E-state index in [4.69, 9.17) is 0 Å². The molecule has 0 bridgehead atoms. The summed E-state index contributed by atoms with van der Waals surface area (Å²) < 4.78 is 0. The number of hydrogen-bond acceptors (Lipinski definition) is 1. The molecule has 2 aromatic carbocycles. The standard InChI is InChI=1S/C21H21N/c1-3-8-18-12-13-19(17-10-5-4-6-11-17)15-20(18)21-16(2)9-7-14-22-21/h3-15,21-22H,1-2H3/b8-3-. The highest BCUT2D eigenvalue weighted by Crippen LogP contribution is 2.31. The summed E-state index contributed by atoms with van der Waals surface area (Å²) in [7, 11) is 0. The maximum atomic E-state index is 3.48. The summed E-state index contributed by atoms with van der Waals surface area (Å²) in [4.78, 5) is 0. The summed E-state index contributed by atoms with van der Waals surface area (Å²) in [6.07, 6.45) is 10.5. The molecule has 0 amide bonds. The second-order valence-electron chi connectivity index (χ2n) is 5.58. The first-order valence-electron chi connectivity index (χ1n) is 7.71. The number of nitrogens with one attached hydrogen (secondary N) is 1. The molecular formula is C21H21N. The third-order valence-corrected chi connectivity index (χ3v) is 4.02. The summed E-state index contributed by atoms with van der Waals surface area (Å²) in [6.45, 7) is 4.24. The molecule has 1 aliphatic rings. The zero-order valence-electron chi connectivity index (χ0n) is 13.1. The van der Waals surface area contributed by atoms with Gasteiger partial charge in [0, 0.05) is 0 Å². The molecule has 0 aromatic heterocycles. The van der Waals surface area contributed by atoms with Gasteiger partial charge in [0.1, 0.15) is 0 Å². The fourth-order valence-electron chi connectivity index (χ4n) is 2.88. The fraction of sp³-hybridized carbons (Fsp3) is 0.143. The Kier molecular flexibility index (Phi) is 4.24. The molecule has 0 aliphatic carbocycles. The van der Waals surface area contributed by atoms with Gasteiger partial charge in [0.2, 0.25) is 0 Å². The molecule has 3 rings (SSSR count). The Morgan fingerprint density at radius 1 is 1.00 bits per heavy atom. The van der Waals surface area contributed by atoms with E-state index in [1.807, 2.05) is 6.20 Å². The summed E-state index contributed by atoms with van der Waals surface area (Å²) in [6, 6.07) is 17.5. The average Bonchev–Trinajstić information content (AvgIpc) is 2.57. The monoisotopic (exact) mass is 287 g/mol. The number of rotatable bonds is 3. The van der Waals surface area contributed by atoms with Gasteiger partial charge in [-0.15, -0.1) is 0 Å². The molecule has 0 radical (unpaired) electrons. The number of benzene rings is 2. The molecule has 2 aromatic rings. The summed E-state index contributed by atoms with van der Waals surface area (Å²) in [5.41, 5.74) is 6.43. The molecule has 1 aliphatic heterocycles. The van der Waals surface area contributed by atoms with Gasteiger partial charge in [0.15, 0.2) is 0 Å². The highest BCUT2D eigenvalue weighted by atomic mass is 14.9. The van der Waals surface area contributed by atoms with Crippen molar-refractivity contribution in [1.29, 1.82) is 0 Å². The van der Waals surface area contributed by atoms with Crippen molar-refractivity contribution < 1.29 is 0 Å². The van der Waals surface area contributed by atoms with E-state index in [-0.39, 0.29) is 6.04 Å². The van der Waals surface area contributed by atoms with Gasteiger partial charge in [-0.3, -0.25) is 0 Å². The Morgan fingerprint density at radius 3 is 2.55 bits per heavy atom. The van der Waals surface area contributed by atoms with E-state index in [9.17, 15) is 0 Å². The lowest BCUT2D eigenvalue weighted by molar-refractivity contribution is 0.702. The van der Waals surface area contributed by atoms with Crippen LogP contribution in [0.1, 0.15) is 31.0 Å². The van der Waals surface area contributed by atoms with Crippen molar-refractivity contribution in [3.05, 3.63) is 89.7 Å². The molecule has 1 unspecified atom stereocenters. The zero-order chi connectivity index (χ0) is 15.4. The Labute approximate surface area is 132 Å². The van der Waals surface area contributed by atoms with Gasteiger partial charge in [-0.25, -0.2) is 0 Å². The molecule has 1 atom stereocenters. The fourth-order valence-corrected chi connectivity index (χ4v) is 2.88. The molecule has 0 saturated carbocycles. The third-order valence-electron chi connectivity index (χ3n) is 4.02. The van der Waals surface area contributed by atoms with E-state index in [0.29, 0.717) is 0 Å². The van der Waals surface area contributed by atoms with Crippen molar-refractivity contribution in [3.8, 4) is 11.1 Å². The van der Waals surface area contributed by atoms with E-state index in [1.165, 1.54) is 27.8 Å². The summed E-state index contributed by atoms with van der Waals surface area (Å²) in [5.74, 6) is 0. The van der Waals surface area contributed by atoms with Crippen LogP contribution in [0.4, 0.5) is 0 Å². The van der Waals surface area contributed by atoms with Crippen LogP contribution in [0.25, 0.3) is 17.2 Å². The van der Waals surface area contributed by atoms with Crippen molar-refractivity contribution in [3.63, 3.8) is 0 Å². The second kappa shape index (κ2) is 6.48. The molecule has 1 heterocycles. The molecule has 1 N–H and O–H groups in total. The van der Waals surface area contributed by atoms with Crippen LogP contribution in [0.5, 0.6) is 0 Å². The Bertz CT molecular complexity index is 736. The third kappa shape index (κ3) is 2.89. The smallest absolute Gasteiger partial charge is 0.0728 e. The SMILES string of the molecule is C/C=C\c1ccc(-c2ccccc2)cc1C1NC=CC=C1C. The van der Waals surface area contributed by atoms with E-state index in [1.54, 1.807) is 0 Å². The first-order chi connectivity index (χ1) is 10.8. The predicted octanol–water partition coefficient (Wildman–Crippen LogP) is 5.49. The molecule has 110 valence electrons. The highest BCUT2D eigenvalue weighted by molar-refractivity contribution is 5.69. The lowest BCUT2D eigenvalue weighted by Gasteiger charge is -2.24. The maximum Gasteiger partial charge on any atom is 0.0728 e.